The molecule has 1 saturated carbocycles. The third-order valence-electron chi connectivity index (χ3n) is 8.62. The van der Waals surface area contributed by atoms with Crippen LogP contribution in [0.25, 0.3) is 0 Å². The van der Waals surface area contributed by atoms with Gasteiger partial charge in [-0.25, -0.2) is 0 Å². The van der Waals surface area contributed by atoms with Crippen molar-refractivity contribution >= 4 is 81.0 Å². The number of carbonyl (C=O) groups is 2. The Labute approximate surface area is 345 Å². The molecule has 56 heavy (non-hydrogen) atoms. The van der Waals surface area contributed by atoms with Crippen molar-refractivity contribution in [3.8, 4) is 11.5 Å². The molecule has 0 aromatic heterocycles. The molecule has 17 heteroatoms. The number of rotatable bonds is 10. The molecule has 0 bridgehead atoms. The van der Waals surface area contributed by atoms with E-state index in [1.807, 2.05) is 0 Å². The molecule has 1 aliphatic heterocycles. The molecule has 1 aliphatic carbocycles. The minimum absolute atomic E-state index is 0.0157. The van der Waals surface area contributed by atoms with E-state index in [1.165, 1.54) is 55.0 Å². The van der Waals surface area contributed by atoms with E-state index < -0.39 is 21.7 Å². The van der Waals surface area contributed by atoms with Gasteiger partial charge in [-0.1, -0.05) is 66.6 Å². The molecule has 0 unspecified atom stereocenters. The first-order valence-electron chi connectivity index (χ1n) is 18.4. The standard InChI is InChI=1S/C19H18Cl2N2O4.C18H17Cl2N3O4.C2H6/c20-12-6-9-18(27-14-4-2-1-3-5-14)15(10-12)19(24)22-17-8-7-13(23(25)26)11-16(17)21;19-11-1-4-17(27-13-5-7-21-8-6-13)14(9-11)18(24)22-16-3-2-12(23(25)26)10-15(16)20;1-2/h6-11,14H,1-5H2,(H,22,24);1-4,9-10,13,21H,5-8H2,(H,22,24);1-2H3/i;;1D. The van der Waals surface area contributed by atoms with Gasteiger partial charge in [0.15, 0.2) is 0 Å². The SMILES string of the molecule is O=C(Nc1ccc([N+](=O)[O-])cc1Cl)c1cc(Cl)ccc1OC1CCCCC1.O=C(Nc1ccc([N+](=O)[O-])cc1Cl)c1cc(Cl)ccc1OC1CCNCC1.[2H]CC. The summed E-state index contributed by atoms with van der Waals surface area (Å²) in [5.74, 6) is -0.0140. The lowest BCUT2D eigenvalue weighted by atomic mass is 9.97. The van der Waals surface area contributed by atoms with Gasteiger partial charge in [-0.15, -0.1) is 0 Å². The zero-order chi connectivity index (χ0) is 41.5. The zero-order valence-electron chi connectivity index (χ0n) is 31.3. The van der Waals surface area contributed by atoms with E-state index in [1.54, 1.807) is 31.2 Å². The fraction of sp³-hybridized carbons (Fsp3) is 0.333. The average Bonchev–Trinajstić information content (AvgIpc) is 3.19. The summed E-state index contributed by atoms with van der Waals surface area (Å²) in [5, 5.41) is 31.1. The Morgan fingerprint density at radius 2 is 1.09 bits per heavy atom. The highest BCUT2D eigenvalue weighted by atomic mass is 35.5. The highest BCUT2D eigenvalue weighted by molar-refractivity contribution is 6.35. The third kappa shape index (κ3) is 12.7. The molecule has 4 aromatic carbocycles. The van der Waals surface area contributed by atoms with Crippen molar-refractivity contribution in [1.82, 2.24) is 5.32 Å². The van der Waals surface area contributed by atoms with E-state index >= 15 is 0 Å². The van der Waals surface area contributed by atoms with E-state index in [-0.39, 0.29) is 50.6 Å². The Balaban J connectivity index is 0.000000236. The lowest BCUT2D eigenvalue weighted by Crippen LogP contribution is -2.34. The number of nitrogens with zero attached hydrogens (tertiary/aromatic N) is 2. The molecule has 1 saturated heterocycles. The second-order valence-corrected chi connectivity index (χ2v) is 14.2. The van der Waals surface area contributed by atoms with Crippen molar-refractivity contribution in [2.24, 2.45) is 0 Å². The van der Waals surface area contributed by atoms with Gasteiger partial charge in [0.1, 0.15) is 17.6 Å². The molecule has 2 fully saturated rings. The molecule has 13 nitrogen and oxygen atoms in total. The fourth-order valence-corrected chi connectivity index (χ4v) is 6.63. The molecule has 6 rings (SSSR count). The minimum atomic E-state index is -0.556. The monoisotopic (exact) mass is 848 g/mol. The van der Waals surface area contributed by atoms with Gasteiger partial charge < -0.3 is 25.4 Å². The number of piperidine rings is 1. The summed E-state index contributed by atoms with van der Waals surface area (Å²) in [7, 11) is 0. The number of nitro groups is 2. The van der Waals surface area contributed by atoms with E-state index in [4.69, 9.17) is 57.2 Å². The number of hydrogen-bond donors (Lipinski definition) is 3. The summed E-state index contributed by atoms with van der Waals surface area (Å²) >= 11 is 24.2. The highest BCUT2D eigenvalue weighted by Gasteiger charge is 2.22. The zero-order valence-corrected chi connectivity index (χ0v) is 33.3. The summed E-state index contributed by atoms with van der Waals surface area (Å²) < 4.78 is 18.2. The van der Waals surface area contributed by atoms with Crippen LogP contribution in [0.2, 0.25) is 20.1 Å². The van der Waals surface area contributed by atoms with E-state index in [0.29, 0.717) is 34.0 Å². The van der Waals surface area contributed by atoms with Crippen LogP contribution in [0, 0.1) is 20.2 Å². The molecular weight excluding hydrogens is 808 g/mol. The summed E-state index contributed by atoms with van der Waals surface area (Å²) in [5.41, 5.74) is 0.798. The number of hydrogen-bond acceptors (Lipinski definition) is 9. The smallest absolute Gasteiger partial charge is 0.271 e. The Morgan fingerprint density at radius 3 is 1.48 bits per heavy atom. The predicted octanol–water partition coefficient (Wildman–Crippen LogP) is 11.2. The summed E-state index contributed by atoms with van der Waals surface area (Å²) in [6.45, 7) is 4.01. The number of ether oxygens (including phenoxy) is 2. The Bertz CT molecular complexity index is 1910. The van der Waals surface area contributed by atoms with Gasteiger partial charge in [0.05, 0.1) is 48.5 Å². The van der Waals surface area contributed by atoms with Crippen LogP contribution >= 0.6 is 46.4 Å². The number of halogens is 4. The summed E-state index contributed by atoms with van der Waals surface area (Å²) in [4.78, 5) is 46.0. The Hall–Kier alpha value is -4.66. The van der Waals surface area contributed by atoms with Crippen LogP contribution in [0.4, 0.5) is 22.7 Å². The Morgan fingerprint density at radius 1 is 0.679 bits per heavy atom. The minimum Gasteiger partial charge on any atom is -0.490 e. The lowest BCUT2D eigenvalue weighted by Gasteiger charge is -2.25. The van der Waals surface area contributed by atoms with Crippen molar-refractivity contribution < 1.29 is 30.3 Å². The van der Waals surface area contributed by atoms with Gasteiger partial charge in [0.2, 0.25) is 0 Å². The van der Waals surface area contributed by atoms with Crippen molar-refractivity contribution in [1.29, 1.82) is 0 Å². The maximum atomic E-state index is 12.8. The quantitative estimate of drug-likeness (QED) is 0.104. The average molecular weight is 851 g/mol. The molecule has 0 radical (unpaired) electrons. The van der Waals surface area contributed by atoms with Gasteiger partial charge in [0.25, 0.3) is 23.2 Å². The molecule has 0 spiro atoms. The lowest BCUT2D eigenvalue weighted by molar-refractivity contribution is -0.385. The molecule has 0 atom stereocenters. The largest absolute Gasteiger partial charge is 0.490 e. The molecule has 4 aromatic rings. The number of benzene rings is 4. The van der Waals surface area contributed by atoms with Crippen LogP contribution in [0.5, 0.6) is 11.5 Å². The molecule has 3 N–H and O–H groups in total. The number of nitro benzene ring substituents is 2. The predicted molar refractivity (Wildman–Crippen MR) is 220 cm³/mol. The van der Waals surface area contributed by atoms with Crippen LogP contribution in [0.15, 0.2) is 72.8 Å². The molecule has 2 amide bonds. The van der Waals surface area contributed by atoms with E-state index in [9.17, 15) is 29.8 Å². The van der Waals surface area contributed by atoms with Crippen LogP contribution < -0.4 is 25.4 Å². The van der Waals surface area contributed by atoms with Gasteiger partial charge >= 0.3 is 0 Å². The number of carbonyl (C=O) groups excluding carboxylic acids is 2. The van der Waals surface area contributed by atoms with Gasteiger partial charge in [-0.2, -0.15) is 0 Å². The molecule has 2 aliphatic rings. The number of anilines is 2. The first-order chi connectivity index (χ1) is 27.3. The molecular formula is C39H41Cl4N5O8. The van der Waals surface area contributed by atoms with Crippen molar-refractivity contribution in [3.63, 3.8) is 0 Å². The van der Waals surface area contributed by atoms with Crippen LogP contribution in [-0.2, 0) is 0 Å². The van der Waals surface area contributed by atoms with Crippen LogP contribution in [0.1, 0.15) is 80.9 Å². The maximum absolute atomic E-state index is 12.8. The van der Waals surface area contributed by atoms with E-state index in [2.05, 4.69) is 16.0 Å². The van der Waals surface area contributed by atoms with Gasteiger partial charge in [-0.05, 0) is 100 Å². The number of non-ortho nitro benzene ring substituents is 2. The number of amides is 2. The van der Waals surface area contributed by atoms with Gasteiger partial charge in [0, 0.05) is 35.7 Å². The maximum Gasteiger partial charge on any atom is 0.271 e. The third-order valence-corrected chi connectivity index (χ3v) is 9.72. The van der Waals surface area contributed by atoms with Gasteiger partial charge in [-0.3, -0.25) is 29.8 Å². The normalized spacial score (nSPS) is 14.4. The second kappa shape index (κ2) is 21.6. The molecule has 1 heterocycles. The number of nitrogens with one attached hydrogen (secondary N) is 3. The Kier molecular flexibility index (Phi) is 16.4. The van der Waals surface area contributed by atoms with Crippen LogP contribution in [0.3, 0.4) is 0 Å². The van der Waals surface area contributed by atoms with Crippen molar-refractivity contribution in [2.45, 2.75) is 71.0 Å². The van der Waals surface area contributed by atoms with Crippen molar-refractivity contribution in [3.05, 3.63) is 124 Å². The van der Waals surface area contributed by atoms with E-state index in [0.717, 1.165) is 51.6 Å². The fourth-order valence-electron chi connectivity index (χ4n) is 5.84. The summed E-state index contributed by atoms with van der Waals surface area (Å²) in [6.07, 6.45) is 7.12. The summed E-state index contributed by atoms with van der Waals surface area (Å²) in [6, 6.07) is 17.4. The van der Waals surface area contributed by atoms with Crippen LogP contribution in [-0.4, -0.2) is 47.0 Å². The highest BCUT2D eigenvalue weighted by Crippen LogP contribution is 2.32. The molecule has 298 valence electrons. The first-order valence-corrected chi connectivity index (χ1v) is 19.2. The second-order valence-electron chi connectivity index (χ2n) is 12.5. The van der Waals surface area contributed by atoms with Crippen molar-refractivity contribution in [2.75, 3.05) is 23.7 Å². The topological polar surface area (TPSA) is 175 Å². The first kappa shape index (κ1) is 42.5.